The van der Waals surface area contributed by atoms with Gasteiger partial charge in [-0.25, -0.2) is 4.39 Å². The maximum atomic E-state index is 13.7. The fourth-order valence-electron chi connectivity index (χ4n) is 1.81. The number of benzene rings is 2. The van der Waals surface area contributed by atoms with Crippen LogP contribution in [-0.4, -0.2) is 5.78 Å². The van der Waals surface area contributed by atoms with E-state index in [1.165, 1.54) is 6.07 Å². The van der Waals surface area contributed by atoms with Crippen LogP contribution >= 0.6 is 11.6 Å². The van der Waals surface area contributed by atoms with Crippen molar-refractivity contribution in [3.05, 3.63) is 58.9 Å². The molecule has 0 spiro atoms. The van der Waals surface area contributed by atoms with Crippen molar-refractivity contribution in [1.82, 2.24) is 0 Å². The van der Waals surface area contributed by atoms with Crippen molar-refractivity contribution >= 4 is 17.4 Å². The van der Waals surface area contributed by atoms with Crippen molar-refractivity contribution in [2.45, 2.75) is 13.3 Å². The second kappa shape index (κ2) is 5.32. The van der Waals surface area contributed by atoms with E-state index in [2.05, 4.69) is 0 Å². The molecule has 0 radical (unpaired) electrons. The van der Waals surface area contributed by atoms with Gasteiger partial charge in [-0.3, -0.25) is 4.79 Å². The van der Waals surface area contributed by atoms with Crippen LogP contribution in [0.4, 0.5) is 4.39 Å². The predicted molar refractivity (Wildman–Crippen MR) is 71.2 cm³/mol. The summed E-state index contributed by atoms with van der Waals surface area (Å²) in [6.07, 6.45) is 0.406. The van der Waals surface area contributed by atoms with Gasteiger partial charge in [0.25, 0.3) is 0 Å². The molecule has 0 aliphatic carbocycles. The molecule has 0 atom stereocenters. The number of ketones is 1. The molecule has 0 N–H and O–H groups in total. The maximum absolute atomic E-state index is 13.7. The highest BCUT2D eigenvalue weighted by atomic mass is 35.5. The average Bonchev–Trinajstić information content (AvgIpc) is 2.30. The van der Waals surface area contributed by atoms with Gasteiger partial charge in [0, 0.05) is 17.0 Å². The standard InChI is InChI=1S/C15H12ClFO/c1-10(18)8-11-2-4-12(5-3-11)14-7-6-13(16)9-15(14)17/h2-7,9H,8H2,1H3. The molecule has 0 saturated heterocycles. The van der Waals surface area contributed by atoms with E-state index in [1.54, 1.807) is 19.1 Å². The first-order chi connectivity index (χ1) is 8.56. The van der Waals surface area contributed by atoms with E-state index in [-0.39, 0.29) is 11.6 Å². The maximum Gasteiger partial charge on any atom is 0.134 e. The Morgan fingerprint density at radius 2 is 1.83 bits per heavy atom. The fraction of sp³-hybridized carbons (Fsp3) is 0.133. The third-order valence-electron chi connectivity index (χ3n) is 2.65. The number of hydrogen-bond donors (Lipinski definition) is 0. The number of hydrogen-bond acceptors (Lipinski definition) is 1. The van der Waals surface area contributed by atoms with Gasteiger partial charge in [0.15, 0.2) is 0 Å². The van der Waals surface area contributed by atoms with Crippen LogP contribution in [0.25, 0.3) is 11.1 Å². The van der Waals surface area contributed by atoms with Gasteiger partial charge in [-0.1, -0.05) is 35.9 Å². The summed E-state index contributed by atoms with van der Waals surface area (Å²) < 4.78 is 13.7. The zero-order valence-corrected chi connectivity index (χ0v) is 10.7. The Labute approximate surface area is 110 Å². The first-order valence-corrected chi connectivity index (χ1v) is 5.98. The minimum absolute atomic E-state index is 0.112. The monoisotopic (exact) mass is 262 g/mol. The molecule has 3 heteroatoms. The van der Waals surface area contributed by atoms with E-state index in [0.29, 0.717) is 17.0 Å². The van der Waals surface area contributed by atoms with Crippen molar-refractivity contribution in [1.29, 1.82) is 0 Å². The Morgan fingerprint density at radius 1 is 1.17 bits per heavy atom. The summed E-state index contributed by atoms with van der Waals surface area (Å²) in [5, 5.41) is 0.379. The molecule has 2 aromatic rings. The lowest BCUT2D eigenvalue weighted by Gasteiger charge is -2.05. The molecule has 0 fully saturated rings. The Balaban J connectivity index is 2.31. The zero-order valence-electron chi connectivity index (χ0n) is 9.91. The zero-order chi connectivity index (χ0) is 13.1. The van der Waals surface area contributed by atoms with Gasteiger partial charge in [-0.05, 0) is 36.2 Å². The van der Waals surface area contributed by atoms with Crippen LogP contribution in [0.2, 0.25) is 5.02 Å². The average molecular weight is 263 g/mol. The Kier molecular flexibility index (Phi) is 3.78. The van der Waals surface area contributed by atoms with Crippen LogP contribution < -0.4 is 0 Å². The van der Waals surface area contributed by atoms with Crippen molar-refractivity contribution in [3.63, 3.8) is 0 Å². The summed E-state index contributed by atoms with van der Waals surface area (Å²) in [5.74, 6) is -0.234. The van der Waals surface area contributed by atoms with Crippen molar-refractivity contribution < 1.29 is 9.18 Å². The van der Waals surface area contributed by atoms with Gasteiger partial charge in [-0.2, -0.15) is 0 Å². The molecule has 0 heterocycles. The van der Waals surface area contributed by atoms with Crippen LogP contribution in [0.3, 0.4) is 0 Å². The number of carbonyl (C=O) groups excluding carboxylic acids is 1. The minimum Gasteiger partial charge on any atom is -0.300 e. The van der Waals surface area contributed by atoms with Gasteiger partial charge >= 0.3 is 0 Å². The predicted octanol–water partition coefficient (Wildman–Crippen LogP) is 4.28. The molecule has 0 unspecified atom stereocenters. The molecule has 2 rings (SSSR count). The van der Waals surface area contributed by atoms with E-state index < -0.39 is 0 Å². The smallest absolute Gasteiger partial charge is 0.134 e. The summed E-state index contributed by atoms with van der Waals surface area (Å²) >= 11 is 5.71. The molecular formula is C15H12ClFO. The van der Waals surface area contributed by atoms with E-state index >= 15 is 0 Å². The van der Waals surface area contributed by atoms with Crippen LogP contribution in [0.1, 0.15) is 12.5 Å². The third kappa shape index (κ3) is 2.96. The van der Waals surface area contributed by atoms with E-state index in [9.17, 15) is 9.18 Å². The number of halogens is 2. The van der Waals surface area contributed by atoms with Crippen molar-refractivity contribution in [2.75, 3.05) is 0 Å². The lowest BCUT2D eigenvalue weighted by atomic mass is 10.0. The first-order valence-electron chi connectivity index (χ1n) is 5.60. The minimum atomic E-state index is -0.346. The second-order valence-corrected chi connectivity index (χ2v) is 4.64. The van der Waals surface area contributed by atoms with Crippen molar-refractivity contribution in [2.24, 2.45) is 0 Å². The molecule has 2 aromatic carbocycles. The fourth-order valence-corrected chi connectivity index (χ4v) is 1.97. The largest absolute Gasteiger partial charge is 0.300 e. The van der Waals surface area contributed by atoms with Gasteiger partial charge < -0.3 is 0 Å². The van der Waals surface area contributed by atoms with E-state index in [0.717, 1.165) is 11.1 Å². The Morgan fingerprint density at radius 3 is 2.39 bits per heavy atom. The molecule has 0 aliphatic rings. The highest BCUT2D eigenvalue weighted by Crippen LogP contribution is 2.25. The Bertz CT molecular complexity index is 576. The van der Waals surface area contributed by atoms with Crippen molar-refractivity contribution in [3.8, 4) is 11.1 Å². The molecular weight excluding hydrogens is 251 g/mol. The quantitative estimate of drug-likeness (QED) is 0.807. The van der Waals surface area contributed by atoms with Gasteiger partial charge in [0.1, 0.15) is 11.6 Å². The molecule has 0 aliphatic heterocycles. The first kappa shape index (κ1) is 12.8. The van der Waals surface area contributed by atoms with Crippen LogP contribution in [0.15, 0.2) is 42.5 Å². The molecule has 92 valence electrons. The highest BCUT2D eigenvalue weighted by Gasteiger charge is 2.06. The normalized spacial score (nSPS) is 10.4. The molecule has 18 heavy (non-hydrogen) atoms. The lowest BCUT2D eigenvalue weighted by Crippen LogP contribution is -1.95. The Hall–Kier alpha value is -1.67. The summed E-state index contributed by atoms with van der Waals surface area (Å²) in [5.41, 5.74) is 2.21. The van der Waals surface area contributed by atoms with E-state index in [4.69, 9.17) is 11.6 Å². The van der Waals surface area contributed by atoms with Crippen LogP contribution in [-0.2, 0) is 11.2 Å². The topological polar surface area (TPSA) is 17.1 Å². The second-order valence-electron chi connectivity index (χ2n) is 4.20. The van der Waals surface area contributed by atoms with E-state index in [1.807, 2.05) is 24.3 Å². The SMILES string of the molecule is CC(=O)Cc1ccc(-c2ccc(Cl)cc2F)cc1. The number of carbonyl (C=O) groups is 1. The molecule has 0 aromatic heterocycles. The summed E-state index contributed by atoms with van der Waals surface area (Å²) in [6.45, 7) is 1.55. The molecule has 0 amide bonds. The number of Topliss-reactive ketones (excluding diaryl/α,β-unsaturated/α-hetero) is 1. The third-order valence-corrected chi connectivity index (χ3v) is 2.88. The molecule has 0 saturated carbocycles. The summed E-state index contributed by atoms with van der Waals surface area (Å²) in [7, 11) is 0. The van der Waals surface area contributed by atoms with Crippen LogP contribution in [0.5, 0.6) is 0 Å². The molecule has 1 nitrogen and oxygen atoms in total. The van der Waals surface area contributed by atoms with Gasteiger partial charge in [0.2, 0.25) is 0 Å². The lowest BCUT2D eigenvalue weighted by molar-refractivity contribution is -0.116. The number of rotatable bonds is 3. The van der Waals surface area contributed by atoms with Crippen LogP contribution in [0, 0.1) is 5.82 Å². The highest BCUT2D eigenvalue weighted by molar-refractivity contribution is 6.30. The van der Waals surface area contributed by atoms with Gasteiger partial charge in [-0.15, -0.1) is 0 Å². The van der Waals surface area contributed by atoms with Gasteiger partial charge in [0.05, 0.1) is 0 Å². The molecule has 0 bridgehead atoms. The summed E-state index contributed by atoms with van der Waals surface area (Å²) in [6, 6.07) is 11.9. The summed E-state index contributed by atoms with van der Waals surface area (Å²) in [4.78, 5) is 11.0.